The van der Waals surface area contributed by atoms with Gasteiger partial charge in [-0.05, 0) is 25.9 Å². The molecule has 1 fully saturated rings. The van der Waals surface area contributed by atoms with Gasteiger partial charge in [0.1, 0.15) is 0 Å². The van der Waals surface area contributed by atoms with E-state index in [0.717, 1.165) is 25.9 Å². The highest BCUT2D eigenvalue weighted by atomic mass is 16.7. The van der Waals surface area contributed by atoms with Crippen molar-refractivity contribution < 1.29 is 19.5 Å². The van der Waals surface area contributed by atoms with Crippen molar-refractivity contribution in [2.75, 3.05) is 26.2 Å². The molecular formula is C10H19N3O4. The van der Waals surface area contributed by atoms with E-state index in [1.807, 2.05) is 5.48 Å². The number of likely N-dealkylation sites (tertiary alicyclic amines) is 1. The smallest absolute Gasteiger partial charge is 0.338 e. The van der Waals surface area contributed by atoms with Crippen LogP contribution in [0.5, 0.6) is 0 Å². The molecule has 1 rings (SSSR count). The Bertz CT molecular complexity index is 272. The van der Waals surface area contributed by atoms with Gasteiger partial charge in [0.15, 0.2) is 6.61 Å². The summed E-state index contributed by atoms with van der Waals surface area (Å²) in [7, 11) is 0. The molecule has 98 valence electrons. The van der Waals surface area contributed by atoms with Crippen LogP contribution in [0.4, 0.5) is 4.79 Å². The number of nitrogens with zero attached hydrogens (tertiary/aromatic N) is 1. The van der Waals surface area contributed by atoms with Crippen molar-refractivity contribution in [3.8, 4) is 0 Å². The van der Waals surface area contributed by atoms with E-state index in [2.05, 4.69) is 22.0 Å². The molecule has 1 unspecified atom stereocenters. The van der Waals surface area contributed by atoms with Crippen LogP contribution in [0.2, 0.25) is 0 Å². The van der Waals surface area contributed by atoms with E-state index in [0.29, 0.717) is 12.6 Å². The van der Waals surface area contributed by atoms with Gasteiger partial charge in [-0.25, -0.2) is 15.1 Å². The number of amides is 2. The number of carboxylic acids is 1. The normalized spacial score (nSPS) is 20.2. The van der Waals surface area contributed by atoms with Crippen LogP contribution < -0.4 is 10.8 Å². The number of hydrogen-bond donors (Lipinski definition) is 3. The average molecular weight is 245 g/mol. The van der Waals surface area contributed by atoms with Crippen molar-refractivity contribution in [2.24, 2.45) is 0 Å². The van der Waals surface area contributed by atoms with E-state index in [4.69, 9.17) is 5.11 Å². The molecule has 0 aliphatic carbocycles. The summed E-state index contributed by atoms with van der Waals surface area (Å²) in [6, 6.07) is -0.139. The molecule has 17 heavy (non-hydrogen) atoms. The number of likely N-dealkylation sites (N-methyl/N-ethyl adjacent to an activating group) is 1. The molecule has 0 saturated carbocycles. The van der Waals surface area contributed by atoms with Crippen molar-refractivity contribution in [1.82, 2.24) is 15.7 Å². The molecule has 3 N–H and O–H groups in total. The molecule has 0 radical (unpaired) electrons. The summed E-state index contributed by atoms with van der Waals surface area (Å²) in [6.45, 7) is 4.14. The zero-order valence-electron chi connectivity index (χ0n) is 9.94. The average Bonchev–Trinajstić information content (AvgIpc) is 2.73. The lowest BCUT2D eigenvalue weighted by Crippen LogP contribution is -2.44. The van der Waals surface area contributed by atoms with Gasteiger partial charge in [-0.2, -0.15) is 0 Å². The maximum atomic E-state index is 11.2. The lowest BCUT2D eigenvalue weighted by molar-refractivity contribution is -0.144. The Morgan fingerprint density at radius 3 is 2.94 bits per heavy atom. The Morgan fingerprint density at radius 2 is 2.29 bits per heavy atom. The monoisotopic (exact) mass is 245 g/mol. The summed E-state index contributed by atoms with van der Waals surface area (Å²) in [5, 5.41) is 10.9. The molecule has 7 heteroatoms. The van der Waals surface area contributed by atoms with Crippen molar-refractivity contribution in [2.45, 2.75) is 25.8 Å². The van der Waals surface area contributed by atoms with Gasteiger partial charge in [-0.15, -0.1) is 0 Å². The molecular weight excluding hydrogens is 226 g/mol. The number of hydroxylamine groups is 1. The first-order chi connectivity index (χ1) is 8.13. The maximum Gasteiger partial charge on any atom is 0.338 e. The van der Waals surface area contributed by atoms with Crippen LogP contribution in [-0.2, 0) is 9.63 Å². The second-order valence-electron chi connectivity index (χ2n) is 3.92. The molecule has 1 heterocycles. The lowest BCUT2D eigenvalue weighted by Gasteiger charge is -2.22. The molecule has 0 bridgehead atoms. The van der Waals surface area contributed by atoms with Crippen LogP contribution in [0.1, 0.15) is 19.8 Å². The second-order valence-corrected chi connectivity index (χ2v) is 3.92. The van der Waals surface area contributed by atoms with Crippen LogP contribution in [0.15, 0.2) is 0 Å². The first-order valence-corrected chi connectivity index (χ1v) is 5.75. The number of hydrogen-bond acceptors (Lipinski definition) is 4. The SMILES string of the molecule is CCN1CCCC1CNC(=O)NOCC(=O)O. The maximum absolute atomic E-state index is 11.2. The van der Waals surface area contributed by atoms with Crippen LogP contribution in [0.3, 0.4) is 0 Å². The van der Waals surface area contributed by atoms with Crippen molar-refractivity contribution in [3.63, 3.8) is 0 Å². The number of rotatable bonds is 6. The van der Waals surface area contributed by atoms with Crippen molar-refractivity contribution >= 4 is 12.0 Å². The quantitative estimate of drug-likeness (QED) is 0.563. The first kappa shape index (κ1) is 13.7. The minimum Gasteiger partial charge on any atom is -0.479 e. The highest BCUT2D eigenvalue weighted by Gasteiger charge is 2.22. The molecule has 1 aliphatic heterocycles. The first-order valence-electron chi connectivity index (χ1n) is 5.75. The highest BCUT2D eigenvalue weighted by Crippen LogP contribution is 2.15. The summed E-state index contributed by atoms with van der Waals surface area (Å²) in [4.78, 5) is 28.1. The summed E-state index contributed by atoms with van der Waals surface area (Å²) in [6.07, 6.45) is 2.22. The fourth-order valence-corrected chi connectivity index (χ4v) is 1.95. The predicted molar refractivity (Wildman–Crippen MR) is 60.4 cm³/mol. The lowest BCUT2D eigenvalue weighted by atomic mass is 10.2. The molecule has 0 spiro atoms. The molecule has 0 aromatic rings. The van der Waals surface area contributed by atoms with E-state index in [1.165, 1.54) is 0 Å². The van der Waals surface area contributed by atoms with Gasteiger partial charge >= 0.3 is 12.0 Å². The number of aliphatic carboxylic acids is 1. The number of carboxylic acid groups (broad SMARTS) is 1. The topological polar surface area (TPSA) is 90.9 Å². The zero-order valence-corrected chi connectivity index (χ0v) is 9.94. The predicted octanol–water partition coefficient (Wildman–Crippen LogP) is -0.214. The number of carbonyl (C=O) groups excluding carboxylic acids is 1. The minimum atomic E-state index is -1.13. The van der Waals surface area contributed by atoms with E-state index >= 15 is 0 Å². The van der Waals surface area contributed by atoms with Crippen molar-refractivity contribution in [1.29, 1.82) is 0 Å². The van der Waals surface area contributed by atoms with E-state index in [1.54, 1.807) is 0 Å². The van der Waals surface area contributed by atoms with Gasteiger partial charge in [0.25, 0.3) is 0 Å². The molecule has 2 amide bonds. The van der Waals surface area contributed by atoms with E-state index in [-0.39, 0.29) is 0 Å². The summed E-state index contributed by atoms with van der Waals surface area (Å²) in [5.74, 6) is -1.13. The highest BCUT2D eigenvalue weighted by molar-refractivity contribution is 5.73. The largest absolute Gasteiger partial charge is 0.479 e. The second kappa shape index (κ2) is 7.08. The Morgan fingerprint density at radius 1 is 1.53 bits per heavy atom. The summed E-state index contributed by atoms with van der Waals surface area (Å²) < 4.78 is 0. The van der Waals surface area contributed by atoms with E-state index in [9.17, 15) is 9.59 Å². The third-order valence-electron chi connectivity index (χ3n) is 2.76. The van der Waals surface area contributed by atoms with Gasteiger partial charge in [0.2, 0.25) is 0 Å². The summed E-state index contributed by atoms with van der Waals surface area (Å²) >= 11 is 0. The molecule has 7 nitrogen and oxygen atoms in total. The number of urea groups is 1. The third-order valence-corrected chi connectivity index (χ3v) is 2.76. The Hall–Kier alpha value is -1.34. The van der Waals surface area contributed by atoms with Crippen LogP contribution in [0.25, 0.3) is 0 Å². The van der Waals surface area contributed by atoms with Gasteiger partial charge in [-0.1, -0.05) is 6.92 Å². The van der Waals surface area contributed by atoms with Crippen LogP contribution in [0, 0.1) is 0 Å². The minimum absolute atomic E-state index is 0.366. The zero-order chi connectivity index (χ0) is 12.7. The molecule has 1 atom stereocenters. The number of nitrogens with one attached hydrogen (secondary N) is 2. The molecule has 0 aromatic heterocycles. The molecule has 1 aliphatic rings. The fourth-order valence-electron chi connectivity index (χ4n) is 1.95. The van der Waals surface area contributed by atoms with Gasteiger partial charge < -0.3 is 10.4 Å². The van der Waals surface area contributed by atoms with Gasteiger partial charge in [0.05, 0.1) is 0 Å². The Balaban J connectivity index is 2.12. The number of carbonyl (C=O) groups is 2. The van der Waals surface area contributed by atoms with Crippen molar-refractivity contribution in [3.05, 3.63) is 0 Å². The standard InChI is InChI=1S/C10H19N3O4/c1-2-13-5-3-4-8(13)6-11-10(16)12-17-7-9(14)15/h8H,2-7H2,1H3,(H,14,15)(H2,11,12,16). The third kappa shape index (κ3) is 5.01. The van der Waals surface area contributed by atoms with Crippen LogP contribution >= 0.6 is 0 Å². The Kier molecular flexibility index (Phi) is 5.71. The van der Waals surface area contributed by atoms with Crippen LogP contribution in [-0.4, -0.2) is 54.3 Å². The fraction of sp³-hybridized carbons (Fsp3) is 0.800. The van der Waals surface area contributed by atoms with E-state index < -0.39 is 18.6 Å². The van der Waals surface area contributed by atoms with Gasteiger partial charge in [-0.3, -0.25) is 9.74 Å². The Labute approximate surface area is 100 Å². The molecule has 1 saturated heterocycles. The van der Waals surface area contributed by atoms with Gasteiger partial charge in [0, 0.05) is 12.6 Å². The molecule has 0 aromatic carbocycles. The summed E-state index contributed by atoms with van der Waals surface area (Å²) in [5.41, 5.74) is 2.02.